The van der Waals surface area contributed by atoms with Crippen LogP contribution in [0.1, 0.15) is 25.1 Å². The maximum absolute atomic E-state index is 10.9. The number of aliphatic carboxylic acids is 1. The Kier molecular flexibility index (Phi) is 3.47. The molecule has 0 radical (unpaired) electrons. The first-order valence-electron chi connectivity index (χ1n) is 6.01. The van der Waals surface area contributed by atoms with Crippen LogP contribution in [0.5, 0.6) is 0 Å². The van der Waals surface area contributed by atoms with Gasteiger partial charge in [0.15, 0.2) is 0 Å². The molecule has 1 aromatic rings. The summed E-state index contributed by atoms with van der Waals surface area (Å²) in [6.07, 6.45) is 3.41. The summed E-state index contributed by atoms with van der Waals surface area (Å²) in [5, 5.41) is 13.3. The van der Waals surface area contributed by atoms with E-state index in [2.05, 4.69) is 17.0 Å². The lowest BCUT2D eigenvalue weighted by Crippen LogP contribution is -2.21. The first kappa shape index (κ1) is 12.1. The van der Waals surface area contributed by atoms with Crippen LogP contribution in [0, 0.1) is 5.92 Å². The van der Waals surface area contributed by atoms with E-state index in [9.17, 15) is 4.79 Å². The van der Waals surface area contributed by atoms with Crippen molar-refractivity contribution in [2.24, 2.45) is 5.92 Å². The lowest BCUT2D eigenvalue weighted by atomic mass is 10.1. The predicted octanol–water partition coefficient (Wildman–Crippen LogP) is 1.02. The maximum Gasteiger partial charge on any atom is 0.306 e. The van der Waals surface area contributed by atoms with E-state index in [1.807, 2.05) is 10.7 Å². The van der Waals surface area contributed by atoms with Crippen LogP contribution in [-0.2, 0) is 11.2 Å². The van der Waals surface area contributed by atoms with Crippen molar-refractivity contribution in [2.45, 2.75) is 25.8 Å². The van der Waals surface area contributed by atoms with Crippen LogP contribution < -0.4 is 0 Å². The van der Waals surface area contributed by atoms with Gasteiger partial charge in [0, 0.05) is 24.9 Å². The lowest BCUT2D eigenvalue weighted by molar-refractivity contribution is -0.141. The Hall–Kier alpha value is -1.36. The zero-order valence-corrected chi connectivity index (χ0v) is 10.3. The van der Waals surface area contributed by atoms with Gasteiger partial charge in [-0.15, -0.1) is 0 Å². The van der Waals surface area contributed by atoms with E-state index in [1.54, 1.807) is 13.1 Å². The largest absolute Gasteiger partial charge is 0.481 e. The Morgan fingerprint density at radius 2 is 2.47 bits per heavy atom. The van der Waals surface area contributed by atoms with Crippen molar-refractivity contribution in [2.75, 3.05) is 20.1 Å². The number of carboxylic acid groups (broad SMARTS) is 1. The molecule has 1 aliphatic rings. The van der Waals surface area contributed by atoms with Crippen molar-refractivity contribution in [3.63, 3.8) is 0 Å². The number of carbonyl (C=O) groups is 1. The van der Waals surface area contributed by atoms with E-state index in [4.69, 9.17) is 5.11 Å². The minimum atomic E-state index is -0.749. The van der Waals surface area contributed by atoms with Gasteiger partial charge in [-0.25, -0.2) is 0 Å². The van der Waals surface area contributed by atoms with Gasteiger partial charge < -0.3 is 10.0 Å². The summed E-state index contributed by atoms with van der Waals surface area (Å²) in [5.74, 6) is -1.11. The number of likely N-dealkylation sites (tertiary alicyclic amines) is 1. The predicted molar refractivity (Wildman–Crippen MR) is 63.9 cm³/mol. The molecule has 1 N–H and O–H groups in total. The SMILES string of the molecule is CC(Cc1ccnn1C1CCN(C)C1)C(=O)O. The normalized spacial score (nSPS) is 22.8. The van der Waals surface area contributed by atoms with Gasteiger partial charge in [0.05, 0.1) is 12.0 Å². The van der Waals surface area contributed by atoms with E-state index >= 15 is 0 Å². The van der Waals surface area contributed by atoms with Gasteiger partial charge in [0.1, 0.15) is 0 Å². The highest BCUT2D eigenvalue weighted by molar-refractivity contribution is 5.69. The highest BCUT2D eigenvalue weighted by Gasteiger charge is 2.24. The molecule has 2 rings (SSSR count). The van der Waals surface area contributed by atoms with Gasteiger partial charge in [-0.1, -0.05) is 6.92 Å². The summed E-state index contributed by atoms with van der Waals surface area (Å²) in [6, 6.07) is 2.32. The van der Waals surface area contributed by atoms with E-state index in [0.29, 0.717) is 12.5 Å². The smallest absolute Gasteiger partial charge is 0.306 e. The molecule has 0 bridgehead atoms. The van der Waals surface area contributed by atoms with Crippen LogP contribution in [0.3, 0.4) is 0 Å². The summed E-state index contributed by atoms with van der Waals surface area (Å²) in [4.78, 5) is 13.1. The number of rotatable bonds is 4. The van der Waals surface area contributed by atoms with Crippen molar-refractivity contribution in [1.82, 2.24) is 14.7 Å². The summed E-state index contributed by atoms with van der Waals surface area (Å²) < 4.78 is 2.00. The molecule has 94 valence electrons. The van der Waals surface area contributed by atoms with E-state index in [-0.39, 0.29) is 5.92 Å². The van der Waals surface area contributed by atoms with Crippen molar-refractivity contribution >= 4 is 5.97 Å². The number of hydrogen-bond donors (Lipinski definition) is 1. The Balaban J connectivity index is 2.09. The minimum absolute atomic E-state index is 0.357. The van der Waals surface area contributed by atoms with Crippen molar-refractivity contribution in [1.29, 1.82) is 0 Å². The molecule has 0 amide bonds. The number of likely N-dealkylation sites (N-methyl/N-ethyl adjacent to an activating group) is 1. The standard InChI is InChI=1S/C12H19N3O2/c1-9(12(16)17)7-10-3-5-13-15(10)11-4-6-14(2)8-11/h3,5,9,11H,4,6-8H2,1-2H3,(H,16,17). The zero-order chi connectivity index (χ0) is 12.4. The molecule has 0 saturated carbocycles. The minimum Gasteiger partial charge on any atom is -0.481 e. The van der Waals surface area contributed by atoms with Gasteiger partial charge in [-0.2, -0.15) is 5.10 Å². The Morgan fingerprint density at radius 3 is 3.06 bits per heavy atom. The summed E-state index contributed by atoms with van der Waals surface area (Å²) in [5.41, 5.74) is 1.03. The second-order valence-corrected chi connectivity index (χ2v) is 4.92. The average Bonchev–Trinajstić information content (AvgIpc) is 2.86. The van der Waals surface area contributed by atoms with E-state index in [1.165, 1.54) is 0 Å². The molecular weight excluding hydrogens is 218 g/mol. The third-order valence-corrected chi connectivity index (χ3v) is 3.40. The Labute approximate surface area is 101 Å². The van der Waals surface area contributed by atoms with Crippen LogP contribution in [0.25, 0.3) is 0 Å². The molecule has 0 spiro atoms. The van der Waals surface area contributed by atoms with Gasteiger partial charge in [0.25, 0.3) is 0 Å². The molecule has 2 heterocycles. The second kappa shape index (κ2) is 4.87. The molecule has 5 heteroatoms. The topological polar surface area (TPSA) is 58.4 Å². The van der Waals surface area contributed by atoms with Gasteiger partial charge in [0.2, 0.25) is 0 Å². The second-order valence-electron chi connectivity index (χ2n) is 4.92. The molecule has 0 aliphatic carbocycles. The third kappa shape index (κ3) is 2.66. The van der Waals surface area contributed by atoms with E-state index < -0.39 is 5.97 Å². The first-order chi connectivity index (χ1) is 8.08. The van der Waals surface area contributed by atoms with Crippen LogP contribution in [0.2, 0.25) is 0 Å². The number of nitrogens with zero attached hydrogens (tertiary/aromatic N) is 3. The monoisotopic (exact) mass is 237 g/mol. The first-order valence-corrected chi connectivity index (χ1v) is 6.01. The highest BCUT2D eigenvalue weighted by Crippen LogP contribution is 2.22. The fourth-order valence-electron chi connectivity index (χ4n) is 2.34. The summed E-state index contributed by atoms with van der Waals surface area (Å²) in [6.45, 7) is 3.81. The lowest BCUT2D eigenvalue weighted by Gasteiger charge is -2.16. The van der Waals surface area contributed by atoms with Gasteiger partial charge >= 0.3 is 5.97 Å². The molecule has 1 aliphatic heterocycles. The molecule has 2 atom stereocenters. The quantitative estimate of drug-likeness (QED) is 0.849. The fraction of sp³-hybridized carbons (Fsp3) is 0.667. The van der Waals surface area contributed by atoms with Gasteiger partial charge in [-0.05, 0) is 26.1 Å². The highest BCUT2D eigenvalue weighted by atomic mass is 16.4. The van der Waals surface area contributed by atoms with Crippen LogP contribution in [0.15, 0.2) is 12.3 Å². The molecule has 17 heavy (non-hydrogen) atoms. The number of aromatic nitrogens is 2. The number of hydrogen-bond acceptors (Lipinski definition) is 3. The average molecular weight is 237 g/mol. The van der Waals surface area contributed by atoms with Gasteiger partial charge in [-0.3, -0.25) is 9.48 Å². The molecule has 5 nitrogen and oxygen atoms in total. The molecule has 2 unspecified atom stereocenters. The zero-order valence-electron chi connectivity index (χ0n) is 10.3. The summed E-state index contributed by atoms with van der Waals surface area (Å²) in [7, 11) is 2.10. The van der Waals surface area contributed by atoms with Crippen molar-refractivity contribution in [3.8, 4) is 0 Å². The van der Waals surface area contributed by atoms with Crippen LogP contribution in [0.4, 0.5) is 0 Å². The molecule has 1 aromatic heterocycles. The Morgan fingerprint density at radius 1 is 1.71 bits per heavy atom. The Bertz CT molecular complexity index is 402. The molecule has 0 aromatic carbocycles. The fourth-order valence-corrected chi connectivity index (χ4v) is 2.34. The molecular formula is C12H19N3O2. The van der Waals surface area contributed by atoms with Crippen molar-refractivity contribution < 1.29 is 9.90 Å². The third-order valence-electron chi connectivity index (χ3n) is 3.40. The molecule has 1 saturated heterocycles. The maximum atomic E-state index is 10.9. The summed E-state index contributed by atoms with van der Waals surface area (Å²) >= 11 is 0. The van der Waals surface area contributed by atoms with E-state index in [0.717, 1.165) is 25.2 Å². The van der Waals surface area contributed by atoms with Crippen LogP contribution >= 0.6 is 0 Å². The number of carboxylic acids is 1. The molecule has 1 fully saturated rings. The van der Waals surface area contributed by atoms with Crippen molar-refractivity contribution in [3.05, 3.63) is 18.0 Å². The van der Waals surface area contributed by atoms with Crippen LogP contribution in [-0.4, -0.2) is 45.9 Å².